The van der Waals surface area contributed by atoms with E-state index in [1.54, 1.807) is 24.6 Å². The number of aromatic amines is 1. The smallest absolute Gasteiger partial charge is 0.264 e. The van der Waals surface area contributed by atoms with Gasteiger partial charge in [-0.05, 0) is 6.07 Å². The minimum Gasteiger partial charge on any atom is -0.447 e. The first kappa shape index (κ1) is 6.03. The van der Waals surface area contributed by atoms with E-state index in [2.05, 4.69) is 5.10 Å². The normalized spacial score (nSPS) is 10.2. The first-order valence-electron chi connectivity index (χ1n) is 3.18. The van der Waals surface area contributed by atoms with Gasteiger partial charge in [-0.1, -0.05) is 0 Å². The molecule has 0 fully saturated rings. The van der Waals surface area contributed by atoms with Crippen molar-refractivity contribution in [2.24, 2.45) is 0 Å². The van der Waals surface area contributed by atoms with Gasteiger partial charge in [0.15, 0.2) is 0 Å². The second-order valence-corrected chi connectivity index (χ2v) is 2.11. The lowest BCUT2D eigenvalue weighted by Crippen LogP contribution is -2.01. The Hall–Kier alpha value is -1.71. The molecule has 4 nitrogen and oxygen atoms in total. The molecule has 0 amide bonds. The maximum Gasteiger partial charge on any atom is 0.264 e. The topological polar surface area (TPSA) is 50.9 Å². The van der Waals surface area contributed by atoms with Crippen LogP contribution in [0.3, 0.4) is 0 Å². The largest absolute Gasteiger partial charge is 0.447 e. The summed E-state index contributed by atoms with van der Waals surface area (Å²) in [5, 5.41) is 2.55. The van der Waals surface area contributed by atoms with Crippen molar-refractivity contribution in [2.45, 2.75) is 0 Å². The van der Waals surface area contributed by atoms with Crippen molar-refractivity contribution < 1.29 is 4.42 Å². The quantitative estimate of drug-likeness (QED) is 0.652. The van der Waals surface area contributed by atoms with Crippen LogP contribution in [0.25, 0.3) is 5.88 Å². The van der Waals surface area contributed by atoms with Crippen LogP contribution in [0.4, 0.5) is 0 Å². The van der Waals surface area contributed by atoms with Crippen molar-refractivity contribution >= 4 is 0 Å². The summed E-state index contributed by atoms with van der Waals surface area (Å²) in [5.74, 6) is 0.604. The average Bonchev–Trinajstić information content (AvgIpc) is 2.55. The SMILES string of the molecule is O=c1ccn(-c2ccco2)[nH]1. The molecule has 0 bridgehead atoms. The molecule has 1 N–H and O–H groups in total. The summed E-state index contributed by atoms with van der Waals surface area (Å²) >= 11 is 0. The molecule has 11 heavy (non-hydrogen) atoms. The zero-order valence-electron chi connectivity index (χ0n) is 5.65. The fourth-order valence-corrected chi connectivity index (χ4v) is 0.871. The highest BCUT2D eigenvalue weighted by Gasteiger charge is 1.96. The lowest BCUT2D eigenvalue weighted by atomic mass is 10.6. The number of aromatic nitrogens is 2. The number of furan rings is 1. The molecule has 2 aromatic rings. The Balaban J connectivity index is 2.53. The summed E-state index contributed by atoms with van der Waals surface area (Å²) < 4.78 is 6.54. The Labute approximate surface area is 62.1 Å². The van der Waals surface area contributed by atoms with Gasteiger partial charge in [0.1, 0.15) is 0 Å². The van der Waals surface area contributed by atoms with Gasteiger partial charge < -0.3 is 4.42 Å². The Kier molecular flexibility index (Phi) is 1.18. The monoisotopic (exact) mass is 150 g/mol. The van der Waals surface area contributed by atoms with Gasteiger partial charge in [0.2, 0.25) is 5.88 Å². The van der Waals surface area contributed by atoms with E-state index in [1.165, 1.54) is 10.7 Å². The van der Waals surface area contributed by atoms with E-state index in [0.29, 0.717) is 5.88 Å². The molecule has 2 rings (SSSR count). The summed E-state index contributed by atoms with van der Waals surface area (Å²) in [6.45, 7) is 0. The van der Waals surface area contributed by atoms with Crippen LogP contribution in [-0.4, -0.2) is 9.78 Å². The number of rotatable bonds is 1. The van der Waals surface area contributed by atoms with Crippen molar-refractivity contribution in [3.05, 3.63) is 41.0 Å². The van der Waals surface area contributed by atoms with E-state index in [4.69, 9.17) is 4.42 Å². The maximum absolute atomic E-state index is 10.7. The second-order valence-electron chi connectivity index (χ2n) is 2.11. The van der Waals surface area contributed by atoms with Crippen molar-refractivity contribution in [3.8, 4) is 5.88 Å². The highest BCUT2D eigenvalue weighted by Crippen LogP contribution is 2.03. The van der Waals surface area contributed by atoms with Gasteiger partial charge >= 0.3 is 0 Å². The first-order valence-corrected chi connectivity index (χ1v) is 3.18. The van der Waals surface area contributed by atoms with Crippen molar-refractivity contribution in [1.29, 1.82) is 0 Å². The number of nitrogens with zero attached hydrogens (tertiary/aromatic N) is 1. The number of H-pyrrole nitrogens is 1. The van der Waals surface area contributed by atoms with E-state index in [-0.39, 0.29) is 5.56 Å². The molecular weight excluding hydrogens is 144 g/mol. The fraction of sp³-hybridized carbons (Fsp3) is 0. The predicted octanol–water partition coefficient (Wildman–Crippen LogP) is 0.759. The number of hydrogen-bond donors (Lipinski definition) is 1. The zero-order valence-corrected chi connectivity index (χ0v) is 5.65. The van der Waals surface area contributed by atoms with E-state index in [9.17, 15) is 4.79 Å². The molecule has 0 aliphatic heterocycles. The van der Waals surface area contributed by atoms with Gasteiger partial charge in [0.05, 0.1) is 6.26 Å². The fourth-order valence-electron chi connectivity index (χ4n) is 0.871. The van der Waals surface area contributed by atoms with Gasteiger partial charge in [0, 0.05) is 18.3 Å². The van der Waals surface area contributed by atoms with Crippen LogP contribution in [-0.2, 0) is 0 Å². The predicted molar refractivity (Wildman–Crippen MR) is 38.7 cm³/mol. The van der Waals surface area contributed by atoms with Crippen molar-refractivity contribution in [1.82, 2.24) is 9.78 Å². The molecule has 0 spiro atoms. The van der Waals surface area contributed by atoms with Gasteiger partial charge in [-0.15, -0.1) is 0 Å². The third-order valence-electron chi connectivity index (χ3n) is 1.35. The van der Waals surface area contributed by atoms with Crippen LogP contribution in [0, 0.1) is 0 Å². The summed E-state index contributed by atoms with van der Waals surface area (Å²) in [6.07, 6.45) is 3.16. The van der Waals surface area contributed by atoms with Gasteiger partial charge in [-0.2, -0.15) is 0 Å². The molecule has 0 saturated heterocycles. The highest BCUT2D eigenvalue weighted by atomic mass is 16.3. The molecule has 0 aliphatic rings. The van der Waals surface area contributed by atoms with E-state index >= 15 is 0 Å². The summed E-state index contributed by atoms with van der Waals surface area (Å²) in [4.78, 5) is 10.7. The second kappa shape index (κ2) is 2.16. The standard InChI is InChI=1S/C7H6N2O2/c10-6-3-4-9(8-6)7-2-1-5-11-7/h1-5H,(H,8,10). The Morgan fingerprint density at radius 1 is 1.45 bits per heavy atom. The molecule has 0 atom stereocenters. The van der Waals surface area contributed by atoms with Crippen LogP contribution in [0.2, 0.25) is 0 Å². The van der Waals surface area contributed by atoms with Crippen LogP contribution < -0.4 is 5.56 Å². The third-order valence-corrected chi connectivity index (χ3v) is 1.35. The van der Waals surface area contributed by atoms with Crippen molar-refractivity contribution in [3.63, 3.8) is 0 Å². The average molecular weight is 150 g/mol. The molecule has 0 aromatic carbocycles. The van der Waals surface area contributed by atoms with Gasteiger partial charge in [0.25, 0.3) is 5.56 Å². The van der Waals surface area contributed by atoms with Crippen LogP contribution >= 0.6 is 0 Å². The van der Waals surface area contributed by atoms with Gasteiger partial charge in [-0.25, -0.2) is 4.68 Å². The van der Waals surface area contributed by atoms with E-state index in [1.807, 2.05) is 0 Å². The molecular formula is C7H6N2O2. The lowest BCUT2D eigenvalue weighted by Gasteiger charge is -1.92. The minimum atomic E-state index is -0.138. The highest BCUT2D eigenvalue weighted by molar-refractivity contribution is 5.15. The summed E-state index contributed by atoms with van der Waals surface area (Å²) in [7, 11) is 0. The van der Waals surface area contributed by atoms with Crippen LogP contribution in [0.15, 0.2) is 39.9 Å². The number of nitrogens with one attached hydrogen (secondary N) is 1. The first-order chi connectivity index (χ1) is 5.36. The molecule has 2 aromatic heterocycles. The van der Waals surface area contributed by atoms with E-state index < -0.39 is 0 Å². The minimum absolute atomic E-state index is 0.138. The molecule has 0 saturated carbocycles. The summed E-state index contributed by atoms with van der Waals surface area (Å²) in [6, 6.07) is 4.95. The Bertz CT molecular complexity index is 382. The van der Waals surface area contributed by atoms with Crippen molar-refractivity contribution in [2.75, 3.05) is 0 Å². The Morgan fingerprint density at radius 3 is 2.91 bits per heavy atom. The Morgan fingerprint density at radius 2 is 2.36 bits per heavy atom. The van der Waals surface area contributed by atoms with Crippen LogP contribution in [0.1, 0.15) is 0 Å². The molecule has 56 valence electrons. The lowest BCUT2D eigenvalue weighted by molar-refractivity contribution is 0.521. The molecule has 0 radical (unpaired) electrons. The molecule has 0 aliphatic carbocycles. The molecule has 2 heterocycles. The van der Waals surface area contributed by atoms with E-state index in [0.717, 1.165) is 0 Å². The summed E-state index contributed by atoms with van der Waals surface area (Å²) in [5.41, 5.74) is -0.138. The van der Waals surface area contributed by atoms with Gasteiger partial charge in [-0.3, -0.25) is 9.89 Å². The third kappa shape index (κ3) is 0.980. The maximum atomic E-state index is 10.7. The molecule has 0 unspecified atom stereocenters. The zero-order chi connectivity index (χ0) is 7.68. The molecule has 4 heteroatoms. The number of hydrogen-bond acceptors (Lipinski definition) is 2. The van der Waals surface area contributed by atoms with Crippen LogP contribution in [0.5, 0.6) is 0 Å².